The normalized spacial score (nSPS) is 12.9. The van der Waals surface area contributed by atoms with Gasteiger partial charge in [0.25, 0.3) is 0 Å². The molecule has 2 aromatic rings. The Labute approximate surface area is 105 Å². The van der Waals surface area contributed by atoms with E-state index in [1.165, 1.54) is 0 Å². The molecule has 18 heavy (non-hydrogen) atoms. The maximum Gasteiger partial charge on any atom is 0.231 e. The van der Waals surface area contributed by atoms with Gasteiger partial charge in [0.05, 0.1) is 23.5 Å². The highest BCUT2D eigenvalue weighted by Crippen LogP contribution is 2.36. The summed E-state index contributed by atoms with van der Waals surface area (Å²) in [5, 5.41) is 8.73. The van der Waals surface area contributed by atoms with Crippen LogP contribution in [-0.2, 0) is 13.0 Å². The van der Waals surface area contributed by atoms with Gasteiger partial charge in [-0.15, -0.1) is 0 Å². The number of ether oxygens (including phenoxy) is 2. The van der Waals surface area contributed by atoms with Crippen molar-refractivity contribution >= 4 is 11.0 Å². The van der Waals surface area contributed by atoms with E-state index in [4.69, 9.17) is 14.7 Å². The Kier molecular flexibility index (Phi) is 2.56. The largest absolute Gasteiger partial charge is 0.454 e. The molecule has 0 bridgehead atoms. The zero-order chi connectivity index (χ0) is 12.5. The Hall–Kier alpha value is -2.22. The predicted octanol–water partition coefficient (Wildman–Crippen LogP) is 2.24. The highest BCUT2D eigenvalue weighted by atomic mass is 16.7. The van der Waals surface area contributed by atoms with E-state index in [0.29, 0.717) is 13.0 Å². The standard InChI is InChI=1S/C13H13N3O2/c1-2-13-15-9-6-11-12(18-8-17-11)7-10(9)16(13)5-3-4-14/h6-7H,2-3,5,8H2,1H3. The number of nitriles is 1. The summed E-state index contributed by atoms with van der Waals surface area (Å²) in [5.74, 6) is 2.49. The Morgan fingerprint density at radius 1 is 1.39 bits per heavy atom. The fourth-order valence-electron chi connectivity index (χ4n) is 2.25. The first-order valence-electron chi connectivity index (χ1n) is 5.99. The summed E-state index contributed by atoms with van der Waals surface area (Å²) in [6.07, 6.45) is 1.32. The highest BCUT2D eigenvalue weighted by molar-refractivity contribution is 5.81. The molecule has 1 aromatic heterocycles. The van der Waals surface area contributed by atoms with Crippen LogP contribution in [0.1, 0.15) is 19.2 Å². The lowest BCUT2D eigenvalue weighted by Crippen LogP contribution is -2.02. The van der Waals surface area contributed by atoms with Crippen molar-refractivity contribution in [1.29, 1.82) is 5.26 Å². The molecule has 92 valence electrons. The summed E-state index contributed by atoms with van der Waals surface area (Å²) in [7, 11) is 0. The predicted molar refractivity (Wildman–Crippen MR) is 65.5 cm³/mol. The lowest BCUT2D eigenvalue weighted by Gasteiger charge is -2.05. The van der Waals surface area contributed by atoms with E-state index in [1.807, 2.05) is 12.1 Å². The number of benzene rings is 1. The number of aromatic nitrogens is 2. The zero-order valence-corrected chi connectivity index (χ0v) is 10.1. The zero-order valence-electron chi connectivity index (χ0n) is 10.1. The first kappa shape index (κ1) is 10.9. The minimum Gasteiger partial charge on any atom is -0.454 e. The Bertz CT molecular complexity index is 640. The number of hydrogen-bond acceptors (Lipinski definition) is 4. The summed E-state index contributed by atoms with van der Waals surface area (Å²) < 4.78 is 12.8. The molecule has 0 atom stereocenters. The fourth-order valence-corrected chi connectivity index (χ4v) is 2.25. The first-order chi connectivity index (χ1) is 8.83. The molecule has 0 amide bonds. The van der Waals surface area contributed by atoms with E-state index < -0.39 is 0 Å². The van der Waals surface area contributed by atoms with Crippen molar-refractivity contribution in [3.8, 4) is 17.6 Å². The van der Waals surface area contributed by atoms with Gasteiger partial charge in [-0.05, 0) is 0 Å². The summed E-state index contributed by atoms with van der Waals surface area (Å²) in [6, 6.07) is 6.02. The van der Waals surface area contributed by atoms with E-state index in [9.17, 15) is 0 Å². The summed E-state index contributed by atoms with van der Waals surface area (Å²) in [5.41, 5.74) is 1.90. The molecule has 0 saturated carbocycles. The summed E-state index contributed by atoms with van der Waals surface area (Å²) in [4.78, 5) is 4.58. The van der Waals surface area contributed by atoms with Crippen LogP contribution in [0, 0.1) is 11.3 Å². The molecule has 0 N–H and O–H groups in total. The molecule has 0 spiro atoms. The van der Waals surface area contributed by atoms with Crippen LogP contribution in [0.2, 0.25) is 0 Å². The van der Waals surface area contributed by atoms with Gasteiger partial charge >= 0.3 is 0 Å². The van der Waals surface area contributed by atoms with Crippen molar-refractivity contribution in [1.82, 2.24) is 9.55 Å². The van der Waals surface area contributed by atoms with Crippen molar-refractivity contribution < 1.29 is 9.47 Å². The third-order valence-corrected chi connectivity index (χ3v) is 3.09. The van der Waals surface area contributed by atoms with E-state index in [1.54, 1.807) is 0 Å². The van der Waals surface area contributed by atoms with E-state index >= 15 is 0 Å². The van der Waals surface area contributed by atoms with Crippen LogP contribution in [0.15, 0.2) is 12.1 Å². The Morgan fingerprint density at radius 2 is 2.17 bits per heavy atom. The molecule has 0 saturated heterocycles. The van der Waals surface area contributed by atoms with Crippen LogP contribution in [0.25, 0.3) is 11.0 Å². The van der Waals surface area contributed by atoms with Gasteiger partial charge in [0.2, 0.25) is 6.79 Å². The lowest BCUT2D eigenvalue weighted by molar-refractivity contribution is 0.174. The average molecular weight is 243 g/mol. The van der Waals surface area contributed by atoms with Crippen molar-refractivity contribution in [2.24, 2.45) is 0 Å². The molecule has 0 unspecified atom stereocenters. The third kappa shape index (κ3) is 1.58. The minimum atomic E-state index is 0.265. The molecular weight excluding hydrogens is 230 g/mol. The topological polar surface area (TPSA) is 60.1 Å². The van der Waals surface area contributed by atoms with Gasteiger partial charge < -0.3 is 14.0 Å². The van der Waals surface area contributed by atoms with Gasteiger partial charge in [0, 0.05) is 25.1 Å². The number of imidazole rings is 1. The number of nitrogens with zero attached hydrogens (tertiary/aromatic N) is 3. The molecule has 0 radical (unpaired) electrons. The van der Waals surface area contributed by atoms with E-state index in [0.717, 1.165) is 34.8 Å². The molecule has 1 aromatic carbocycles. The molecule has 5 nitrogen and oxygen atoms in total. The van der Waals surface area contributed by atoms with Gasteiger partial charge in [-0.2, -0.15) is 5.26 Å². The van der Waals surface area contributed by atoms with Crippen molar-refractivity contribution in [2.45, 2.75) is 26.3 Å². The quantitative estimate of drug-likeness (QED) is 0.829. The molecule has 5 heteroatoms. The summed E-state index contributed by atoms with van der Waals surface area (Å²) in [6.45, 7) is 2.99. The van der Waals surface area contributed by atoms with Gasteiger partial charge in [-0.1, -0.05) is 6.92 Å². The third-order valence-electron chi connectivity index (χ3n) is 3.09. The van der Waals surface area contributed by atoms with Crippen LogP contribution in [0.4, 0.5) is 0 Å². The van der Waals surface area contributed by atoms with Gasteiger partial charge in [-0.25, -0.2) is 4.98 Å². The first-order valence-corrected chi connectivity index (χ1v) is 5.99. The molecule has 1 aliphatic heterocycles. The van der Waals surface area contributed by atoms with Gasteiger partial charge in [0.1, 0.15) is 5.82 Å². The Morgan fingerprint density at radius 3 is 2.89 bits per heavy atom. The van der Waals surface area contributed by atoms with Crippen LogP contribution >= 0.6 is 0 Å². The maximum atomic E-state index is 8.73. The fraction of sp³-hybridized carbons (Fsp3) is 0.385. The summed E-state index contributed by atoms with van der Waals surface area (Å²) >= 11 is 0. The second-order valence-corrected chi connectivity index (χ2v) is 4.14. The smallest absolute Gasteiger partial charge is 0.231 e. The lowest BCUT2D eigenvalue weighted by atomic mass is 10.2. The molecule has 3 rings (SSSR count). The SMILES string of the molecule is CCc1nc2cc3c(cc2n1CCC#N)OCO3. The van der Waals surface area contributed by atoms with Crippen molar-refractivity contribution in [3.05, 3.63) is 18.0 Å². The van der Waals surface area contributed by atoms with Gasteiger partial charge in [0.15, 0.2) is 11.5 Å². The minimum absolute atomic E-state index is 0.265. The molecule has 0 aliphatic carbocycles. The van der Waals surface area contributed by atoms with Crippen molar-refractivity contribution in [3.63, 3.8) is 0 Å². The number of fused-ring (bicyclic) bond motifs is 2. The van der Waals surface area contributed by atoms with Crippen LogP contribution in [0.5, 0.6) is 11.5 Å². The van der Waals surface area contributed by atoms with Crippen molar-refractivity contribution in [2.75, 3.05) is 6.79 Å². The maximum absolute atomic E-state index is 8.73. The molecule has 2 heterocycles. The second kappa shape index (κ2) is 4.22. The molecule has 1 aliphatic rings. The number of hydrogen-bond donors (Lipinski definition) is 0. The van der Waals surface area contributed by atoms with Gasteiger partial charge in [-0.3, -0.25) is 0 Å². The second-order valence-electron chi connectivity index (χ2n) is 4.14. The average Bonchev–Trinajstić information content (AvgIpc) is 2.96. The van der Waals surface area contributed by atoms with E-state index in [2.05, 4.69) is 22.5 Å². The van der Waals surface area contributed by atoms with Crippen LogP contribution in [0.3, 0.4) is 0 Å². The van der Waals surface area contributed by atoms with Crippen LogP contribution < -0.4 is 9.47 Å². The Balaban J connectivity index is 2.16. The highest BCUT2D eigenvalue weighted by Gasteiger charge is 2.18. The number of rotatable bonds is 3. The van der Waals surface area contributed by atoms with E-state index in [-0.39, 0.29) is 6.79 Å². The molecule has 0 fully saturated rings. The van der Waals surface area contributed by atoms with Crippen LogP contribution in [-0.4, -0.2) is 16.3 Å². The number of aryl methyl sites for hydroxylation is 2. The monoisotopic (exact) mass is 243 g/mol. The molecular formula is C13H13N3O2.